The first-order valence-corrected chi connectivity index (χ1v) is 5.81. The lowest BCUT2D eigenvalue weighted by atomic mass is 10.2. The van der Waals surface area contributed by atoms with E-state index >= 15 is 0 Å². The Morgan fingerprint density at radius 3 is 2.83 bits per heavy atom. The predicted molar refractivity (Wildman–Crippen MR) is 65.9 cm³/mol. The molecule has 0 aliphatic heterocycles. The second-order valence-corrected chi connectivity index (χ2v) is 3.79. The lowest BCUT2D eigenvalue weighted by Gasteiger charge is -2.13. The highest BCUT2D eigenvalue weighted by Gasteiger charge is 2.14. The van der Waals surface area contributed by atoms with E-state index < -0.39 is 11.9 Å². The van der Waals surface area contributed by atoms with Crippen molar-refractivity contribution in [3.05, 3.63) is 29.6 Å². The molecule has 5 heteroatoms. The molecule has 0 heterocycles. The summed E-state index contributed by atoms with van der Waals surface area (Å²) < 4.78 is 23.5. The van der Waals surface area contributed by atoms with E-state index in [2.05, 4.69) is 5.32 Å². The van der Waals surface area contributed by atoms with Gasteiger partial charge in [0.1, 0.15) is 6.04 Å². The standard InChI is InChI=1S/C13H18FNO3/c1-4-18-13(16)9(2)15-8-10-6-5-7-11(17-3)12(10)14/h5-7,9,15H,4,8H2,1-3H3. The number of hydrogen-bond acceptors (Lipinski definition) is 4. The average molecular weight is 255 g/mol. The maximum Gasteiger partial charge on any atom is 0.322 e. The minimum atomic E-state index is -0.476. The first-order valence-electron chi connectivity index (χ1n) is 5.81. The van der Waals surface area contributed by atoms with Crippen molar-refractivity contribution in [2.75, 3.05) is 13.7 Å². The second-order valence-electron chi connectivity index (χ2n) is 3.79. The molecule has 1 unspecified atom stereocenters. The molecule has 4 nitrogen and oxygen atoms in total. The zero-order chi connectivity index (χ0) is 13.5. The van der Waals surface area contributed by atoms with Gasteiger partial charge in [-0.2, -0.15) is 0 Å². The molecule has 0 aliphatic rings. The summed E-state index contributed by atoms with van der Waals surface area (Å²) in [4.78, 5) is 11.4. The molecular weight excluding hydrogens is 237 g/mol. The van der Waals surface area contributed by atoms with E-state index in [-0.39, 0.29) is 18.3 Å². The molecule has 0 aromatic heterocycles. The predicted octanol–water partition coefficient (Wildman–Crippen LogP) is 1.88. The molecular formula is C13H18FNO3. The Kier molecular flexibility index (Phi) is 5.58. The Hall–Kier alpha value is -1.62. The van der Waals surface area contributed by atoms with E-state index in [1.165, 1.54) is 7.11 Å². The van der Waals surface area contributed by atoms with Crippen molar-refractivity contribution in [1.29, 1.82) is 0 Å². The second kappa shape index (κ2) is 6.96. The van der Waals surface area contributed by atoms with Gasteiger partial charge in [-0.25, -0.2) is 4.39 Å². The minimum absolute atomic E-state index is 0.193. The number of halogens is 1. The van der Waals surface area contributed by atoms with Gasteiger partial charge < -0.3 is 14.8 Å². The summed E-state index contributed by atoms with van der Waals surface area (Å²) in [6.07, 6.45) is 0. The van der Waals surface area contributed by atoms with Crippen LogP contribution in [0.5, 0.6) is 5.75 Å². The number of nitrogens with one attached hydrogen (secondary N) is 1. The molecule has 1 rings (SSSR count). The molecule has 1 aromatic carbocycles. The highest BCUT2D eigenvalue weighted by Crippen LogP contribution is 2.19. The normalized spacial score (nSPS) is 12.0. The first-order chi connectivity index (χ1) is 8.60. The molecule has 1 aromatic rings. The zero-order valence-electron chi connectivity index (χ0n) is 10.8. The molecule has 0 radical (unpaired) electrons. The largest absolute Gasteiger partial charge is 0.494 e. The third kappa shape index (κ3) is 3.70. The maximum absolute atomic E-state index is 13.8. The highest BCUT2D eigenvalue weighted by molar-refractivity contribution is 5.75. The summed E-state index contributed by atoms with van der Waals surface area (Å²) in [5.41, 5.74) is 0.450. The number of carbonyl (C=O) groups excluding carboxylic acids is 1. The number of esters is 1. The quantitative estimate of drug-likeness (QED) is 0.788. The molecule has 0 aliphatic carbocycles. The van der Waals surface area contributed by atoms with Crippen molar-refractivity contribution >= 4 is 5.97 Å². The third-order valence-corrected chi connectivity index (χ3v) is 2.50. The zero-order valence-corrected chi connectivity index (χ0v) is 10.8. The number of methoxy groups -OCH3 is 1. The fraction of sp³-hybridized carbons (Fsp3) is 0.462. The monoisotopic (exact) mass is 255 g/mol. The van der Waals surface area contributed by atoms with Crippen molar-refractivity contribution in [2.24, 2.45) is 0 Å². The summed E-state index contributed by atoms with van der Waals surface area (Å²) in [6.45, 7) is 3.99. The van der Waals surface area contributed by atoms with Crippen LogP contribution in [0.3, 0.4) is 0 Å². The molecule has 1 N–H and O–H groups in total. The molecule has 18 heavy (non-hydrogen) atoms. The SMILES string of the molecule is CCOC(=O)C(C)NCc1cccc(OC)c1F. The van der Waals surface area contributed by atoms with E-state index in [9.17, 15) is 9.18 Å². The molecule has 0 saturated heterocycles. The van der Waals surface area contributed by atoms with Crippen LogP contribution in [0.1, 0.15) is 19.4 Å². The van der Waals surface area contributed by atoms with Gasteiger partial charge in [-0.05, 0) is 19.9 Å². The number of carbonyl (C=O) groups is 1. The highest BCUT2D eigenvalue weighted by atomic mass is 19.1. The molecule has 1 atom stereocenters. The summed E-state index contributed by atoms with van der Waals surface area (Å²) >= 11 is 0. The van der Waals surface area contributed by atoms with Crippen LogP contribution in [-0.2, 0) is 16.1 Å². The number of ether oxygens (including phenoxy) is 2. The van der Waals surface area contributed by atoms with E-state index in [0.717, 1.165) is 0 Å². The summed E-state index contributed by atoms with van der Waals surface area (Å²) in [6, 6.07) is 4.42. The Bertz CT molecular complexity index is 409. The number of benzene rings is 1. The first kappa shape index (κ1) is 14.4. The van der Waals surface area contributed by atoms with E-state index in [1.54, 1.807) is 32.0 Å². The minimum Gasteiger partial charge on any atom is -0.494 e. The van der Waals surface area contributed by atoms with Crippen LogP contribution in [0.4, 0.5) is 4.39 Å². The van der Waals surface area contributed by atoms with E-state index in [1.807, 2.05) is 0 Å². The summed E-state index contributed by atoms with van der Waals surface area (Å²) in [5.74, 6) is -0.567. The fourth-order valence-electron chi connectivity index (χ4n) is 1.46. The Morgan fingerprint density at radius 1 is 1.50 bits per heavy atom. The lowest BCUT2D eigenvalue weighted by Crippen LogP contribution is -2.35. The van der Waals surface area contributed by atoms with Crippen LogP contribution in [0.15, 0.2) is 18.2 Å². The van der Waals surface area contributed by atoms with Gasteiger partial charge in [0.25, 0.3) is 0 Å². The van der Waals surface area contributed by atoms with E-state index in [0.29, 0.717) is 12.2 Å². The van der Waals surface area contributed by atoms with Crippen molar-refractivity contribution in [2.45, 2.75) is 26.4 Å². The van der Waals surface area contributed by atoms with Crippen LogP contribution in [-0.4, -0.2) is 25.7 Å². The van der Waals surface area contributed by atoms with Gasteiger partial charge in [-0.15, -0.1) is 0 Å². The van der Waals surface area contributed by atoms with Crippen LogP contribution >= 0.6 is 0 Å². The van der Waals surface area contributed by atoms with E-state index in [4.69, 9.17) is 9.47 Å². The van der Waals surface area contributed by atoms with Crippen molar-refractivity contribution in [1.82, 2.24) is 5.32 Å². The van der Waals surface area contributed by atoms with Gasteiger partial charge >= 0.3 is 5.97 Å². The van der Waals surface area contributed by atoms with Crippen LogP contribution in [0, 0.1) is 5.82 Å². The number of rotatable bonds is 6. The smallest absolute Gasteiger partial charge is 0.322 e. The van der Waals surface area contributed by atoms with Gasteiger partial charge in [0.15, 0.2) is 11.6 Å². The topological polar surface area (TPSA) is 47.6 Å². The maximum atomic E-state index is 13.8. The summed E-state index contributed by atoms with van der Waals surface area (Å²) in [5, 5.41) is 2.91. The van der Waals surface area contributed by atoms with Gasteiger partial charge in [0.05, 0.1) is 13.7 Å². The summed E-state index contributed by atoms with van der Waals surface area (Å²) in [7, 11) is 1.41. The molecule has 0 saturated carbocycles. The Labute approximate surface area is 106 Å². The molecule has 0 fully saturated rings. The van der Waals surface area contributed by atoms with Crippen LogP contribution < -0.4 is 10.1 Å². The van der Waals surface area contributed by atoms with Gasteiger partial charge in [0, 0.05) is 12.1 Å². The molecule has 0 amide bonds. The van der Waals surface area contributed by atoms with Gasteiger partial charge in [0.2, 0.25) is 0 Å². The van der Waals surface area contributed by atoms with Crippen LogP contribution in [0.25, 0.3) is 0 Å². The molecule has 100 valence electrons. The fourth-order valence-corrected chi connectivity index (χ4v) is 1.46. The van der Waals surface area contributed by atoms with Crippen molar-refractivity contribution in [3.8, 4) is 5.75 Å². The third-order valence-electron chi connectivity index (χ3n) is 2.50. The molecule has 0 spiro atoms. The number of hydrogen-bond donors (Lipinski definition) is 1. The van der Waals surface area contributed by atoms with Crippen molar-refractivity contribution < 1.29 is 18.7 Å². The Balaban J connectivity index is 2.61. The Morgan fingerprint density at radius 2 is 2.22 bits per heavy atom. The van der Waals surface area contributed by atoms with Crippen LogP contribution in [0.2, 0.25) is 0 Å². The van der Waals surface area contributed by atoms with Gasteiger partial charge in [-0.1, -0.05) is 12.1 Å². The van der Waals surface area contributed by atoms with Gasteiger partial charge in [-0.3, -0.25) is 4.79 Å². The lowest BCUT2D eigenvalue weighted by molar-refractivity contribution is -0.145. The molecule has 0 bridgehead atoms. The average Bonchev–Trinajstić information content (AvgIpc) is 2.37. The van der Waals surface area contributed by atoms with Crippen molar-refractivity contribution in [3.63, 3.8) is 0 Å².